The average molecular weight is 250 g/mol. The van der Waals surface area contributed by atoms with Crippen LogP contribution in [0.1, 0.15) is 26.0 Å². The Morgan fingerprint density at radius 2 is 2.00 bits per heavy atom. The van der Waals surface area contributed by atoms with Gasteiger partial charge in [0.15, 0.2) is 0 Å². The molecule has 1 aromatic rings. The number of pyridine rings is 1. The fourth-order valence-electron chi connectivity index (χ4n) is 2.05. The number of nitrogens with two attached hydrogens (primary N) is 1. The molecule has 0 spiro atoms. The van der Waals surface area contributed by atoms with Crippen molar-refractivity contribution in [2.75, 3.05) is 31.7 Å². The smallest absolute Gasteiger partial charge is 0.126 e. The van der Waals surface area contributed by atoms with Gasteiger partial charge in [-0.3, -0.25) is 0 Å². The topological polar surface area (TPSA) is 54.2 Å². The van der Waals surface area contributed by atoms with E-state index in [2.05, 4.69) is 43.1 Å². The number of aryl methyl sites for hydroxylation is 1. The van der Waals surface area contributed by atoms with Gasteiger partial charge in [0.05, 0.1) is 11.4 Å². The highest BCUT2D eigenvalue weighted by molar-refractivity contribution is 5.49. The normalized spacial score (nSPS) is 13.1. The third-order valence-electron chi connectivity index (χ3n) is 2.82. The van der Waals surface area contributed by atoms with Gasteiger partial charge in [-0.1, -0.05) is 13.8 Å². The summed E-state index contributed by atoms with van der Waals surface area (Å²) in [7, 11) is 4.19. The average Bonchev–Trinajstić information content (AvgIpc) is 2.21. The lowest BCUT2D eigenvalue weighted by Crippen LogP contribution is -2.33. The van der Waals surface area contributed by atoms with Crippen molar-refractivity contribution in [3.05, 3.63) is 17.8 Å². The van der Waals surface area contributed by atoms with Gasteiger partial charge in [-0.15, -0.1) is 0 Å². The van der Waals surface area contributed by atoms with Crippen LogP contribution in [0.2, 0.25) is 0 Å². The van der Waals surface area contributed by atoms with Crippen LogP contribution in [0.3, 0.4) is 0 Å². The van der Waals surface area contributed by atoms with E-state index in [-0.39, 0.29) is 0 Å². The molecule has 0 bridgehead atoms. The first kappa shape index (κ1) is 14.8. The molecule has 102 valence electrons. The van der Waals surface area contributed by atoms with Gasteiger partial charge >= 0.3 is 0 Å². The standard InChI is InChI=1S/C14H26N4/c1-10(2)8-12(9-18(4)5)17-14-7-6-13(15)11(3)16-14/h6-7,10,12H,8-9,15H2,1-5H3,(H,16,17). The first-order valence-corrected chi connectivity index (χ1v) is 6.53. The third-order valence-corrected chi connectivity index (χ3v) is 2.82. The van der Waals surface area contributed by atoms with E-state index in [1.165, 1.54) is 0 Å². The molecule has 0 saturated heterocycles. The maximum absolute atomic E-state index is 5.78. The first-order valence-electron chi connectivity index (χ1n) is 6.53. The van der Waals surface area contributed by atoms with Crippen molar-refractivity contribution in [3.63, 3.8) is 0 Å². The van der Waals surface area contributed by atoms with E-state index in [1.54, 1.807) is 0 Å². The van der Waals surface area contributed by atoms with Crippen LogP contribution in [-0.4, -0.2) is 36.6 Å². The van der Waals surface area contributed by atoms with E-state index in [0.717, 1.165) is 30.2 Å². The fraction of sp³-hybridized carbons (Fsp3) is 0.643. The minimum atomic E-state index is 0.413. The highest BCUT2D eigenvalue weighted by Crippen LogP contribution is 2.15. The summed E-state index contributed by atoms with van der Waals surface area (Å²) in [4.78, 5) is 6.67. The zero-order chi connectivity index (χ0) is 13.7. The van der Waals surface area contributed by atoms with E-state index in [1.807, 2.05) is 19.1 Å². The Morgan fingerprint density at radius 3 is 2.50 bits per heavy atom. The molecule has 0 aliphatic rings. The molecule has 4 nitrogen and oxygen atoms in total. The molecule has 0 radical (unpaired) electrons. The van der Waals surface area contributed by atoms with E-state index in [0.29, 0.717) is 12.0 Å². The van der Waals surface area contributed by atoms with Crippen molar-refractivity contribution in [2.24, 2.45) is 5.92 Å². The summed E-state index contributed by atoms with van der Waals surface area (Å²) in [5.74, 6) is 1.58. The van der Waals surface area contributed by atoms with E-state index >= 15 is 0 Å². The van der Waals surface area contributed by atoms with Crippen molar-refractivity contribution in [1.82, 2.24) is 9.88 Å². The SMILES string of the molecule is Cc1nc(NC(CC(C)C)CN(C)C)ccc1N. The summed E-state index contributed by atoms with van der Waals surface area (Å²) < 4.78 is 0. The molecular weight excluding hydrogens is 224 g/mol. The monoisotopic (exact) mass is 250 g/mol. The molecule has 0 aliphatic carbocycles. The van der Waals surface area contributed by atoms with Gasteiger partial charge in [0, 0.05) is 12.6 Å². The molecule has 4 heteroatoms. The van der Waals surface area contributed by atoms with Crippen LogP contribution >= 0.6 is 0 Å². The van der Waals surface area contributed by atoms with E-state index in [9.17, 15) is 0 Å². The summed E-state index contributed by atoms with van der Waals surface area (Å²) in [6.07, 6.45) is 1.13. The van der Waals surface area contributed by atoms with Gasteiger partial charge in [-0.05, 0) is 45.5 Å². The molecule has 0 fully saturated rings. The summed E-state index contributed by atoms with van der Waals surface area (Å²) in [6.45, 7) is 7.42. The number of likely N-dealkylation sites (N-methyl/N-ethyl adjacent to an activating group) is 1. The van der Waals surface area contributed by atoms with E-state index in [4.69, 9.17) is 5.73 Å². The van der Waals surface area contributed by atoms with Crippen molar-refractivity contribution < 1.29 is 0 Å². The Balaban J connectivity index is 2.71. The van der Waals surface area contributed by atoms with Crippen molar-refractivity contribution in [3.8, 4) is 0 Å². The number of nitrogens with zero attached hydrogens (tertiary/aromatic N) is 2. The van der Waals surface area contributed by atoms with Gasteiger partial charge in [0.25, 0.3) is 0 Å². The predicted octanol–water partition coefficient (Wildman–Crippen LogP) is 2.36. The van der Waals surface area contributed by atoms with Gasteiger partial charge < -0.3 is 16.0 Å². The summed E-state index contributed by atoms with van der Waals surface area (Å²) >= 11 is 0. The van der Waals surface area contributed by atoms with Gasteiger partial charge in [0.2, 0.25) is 0 Å². The second-order valence-electron chi connectivity index (χ2n) is 5.60. The summed E-state index contributed by atoms with van der Waals surface area (Å²) in [6, 6.07) is 4.27. The van der Waals surface area contributed by atoms with Crippen molar-refractivity contribution >= 4 is 11.5 Å². The maximum Gasteiger partial charge on any atom is 0.126 e. The molecule has 1 unspecified atom stereocenters. The Hall–Kier alpha value is -1.29. The number of hydrogen-bond donors (Lipinski definition) is 2. The third kappa shape index (κ3) is 4.92. The lowest BCUT2D eigenvalue weighted by Gasteiger charge is -2.24. The van der Waals surface area contributed by atoms with Crippen LogP contribution < -0.4 is 11.1 Å². The molecule has 0 aromatic carbocycles. The Kier molecular flexibility index (Phi) is 5.41. The minimum Gasteiger partial charge on any atom is -0.397 e. The van der Waals surface area contributed by atoms with Crippen LogP contribution in [0, 0.1) is 12.8 Å². The number of anilines is 2. The van der Waals surface area contributed by atoms with Crippen LogP contribution in [0.5, 0.6) is 0 Å². The molecule has 3 N–H and O–H groups in total. The quantitative estimate of drug-likeness (QED) is 0.814. The number of nitrogens with one attached hydrogen (secondary N) is 1. The fourth-order valence-corrected chi connectivity index (χ4v) is 2.05. The number of aromatic nitrogens is 1. The number of hydrogen-bond acceptors (Lipinski definition) is 4. The van der Waals surface area contributed by atoms with Gasteiger partial charge in [-0.2, -0.15) is 0 Å². The molecule has 1 atom stereocenters. The minimum absolute atomic E-state index is 0.413. The van der Waals surface area contributed by atoms with Crippen molar-refractivity contribution in [2.45, 2.75) is 33.2 Å². The molecular formula is C14H26N4. The Bertz CT molecular complexity index is 364. The molecule has 18 heavy (non-hydrogen) atoms. The second-order valence-corrected chi connectivity index (χ2v) is 5.60. The lowest BCUT2D eigenvalue weighted by molar-refractivity contribution is 0.356. The van der Waals surface area contributed by atoms with E-state index < -0.39 is 0 Å². The number of nitrogen functional groups attached to an aromatic ring is 1. The van der Waals surface area contributed by atoms with Crippen LogP contribution in [-0.2, 0) is 0 Å². The molecule has 1 rings (SSSR count). The molecule has 0 amide bonds. The Morgan fingerprint density at radius 1 is 1.33 bits per heavy atom. The zero-order valence-electron chi connectivity index (χ0n) is 12.2. The molecule has 1 aromatic heterocycles. The largest absolute Gasteiger partial charge is 0.397 e. The maximum atomic E-state index is 5.78. The van der Waals surface area contributed by atoms with Gasteiger partial charge in [-0.25, -0.2) is 4.98 Å². The van der Waals surface area contributed by atoms with Crippen LogP contribution in [0.25, 0.3) is 0 Å². The highest BCUT2D eigenvalue weighted by atomic mass is 15.1. The molecule has 0 saturated carbocycles. The van der Waals surface area contributed by atoms with Crippen LogP contribution in [0.15, 0.2) is 12.1 Å². The molecule has 0 aliphatic heterocycles. The summed E-state index contributed by atoms with van der Waals surface area (Å²) in [5.41, 5.74) is 7.41. The van der Waals surface area contributed by atoms with Gasteiger partial charge in [0.1, 0.15) is 5.82 Å². The van der Waals surface area contributed by atoms with Crippen molar-refractivity contribution in [1.29, 1.82) is 0 Å². The second kappa shape index (κ2) is 6.59. The first-order chi connectivity index (χ1) is 8.38. The zero-order valence-corrected chi connectivity index (χ0v) is 12.2. The lowest BCUT2D eigenvalue weighted by atomic mass is 10.0. The Labute approximate surface area is 111 Å². The van der Waals surface area contributed by atoms with Crippen LogP contribution in [0.4, 0.5) is 11.5 Å². The number of rotatable bonds is 6. The highest BCUT2D eigenvalue weighted by Gasteiger charge is 2.12. The molecule has 1 heterocycles. The predicted molar refractivity (Wildman–Crippen MR) is 78.8 cm³/mol. The summed E-state index contributed by atoms with van der Waals surface area (Å²) in [5, 5.41) is 3.50.